The van der Waals surface area contributed by atoms with Gasteiger partial charge in [-0.3, -0.25) is 10.0 Å². The fourth-order valence-corrected chi connectivity index (χ4v) is 2.31. The number of aliphatic imine (C=N–C) groups is 1. The van der Waals surface area contributed by atoms with E-state index in [-0.39, 0.29) is 6.29 Å². The maximum atomic E-state index is 5.90. The molecular formula is C13H16ClN3O2. The van der Waals surface area contributed by atoms with Crippen molar-refractivity contribution in [2.75, 3.05) is 31.4 Å². The lowest BCUT2D eigenvalue weighted by Gasteiger charge is -2.27. The van der Waals surface area contributed by atoms with Crippen molar-refractivity contribution >= 4 is 23.6 Å². The maximum absolute atomic E-state index is 5.90. The minimum atomic E-state index is -0.0762. The van der Waals surface area contributed by atoms with Gasteiger partial charge in [0.25, 0.3) is 0 Å². The number of hydrazine groups is 1. The van der Waals surface area contributed by atoms with Crippen molar-refractivity contribution in [3.8, 4) is 0 Å². The Morgan fingerprint density at radius 3 is 2.68 bits per heavy atom. The summed E-state index contributed by atoms with van der Waals surface area (Å²) >= 11 is 5.90. The summed E-state index contributed by atoms with van der Waals surface area (Å²) in [5.41, 5.74) is 1.05. The van der Waals surface area contributed by atoms with Gasteiger partial charge < -0.3 is 9.47 Å². The Balaban J connectivity index is 1.60. The van der Waals surface area contributed by atoms with E-state index in [0.717, 1.165) is 23.7 Å². The lowest BCUT2D eigenvalue weighted by atomic mass is 10.3. The van der Waals surface area contributed by atoms with Crippen molar-refractivity contribution in [1.29, 1.82) is 0 Å². The van der Waals surface area contributed by atoms with E-state index in [1.807, 2.05) is 35.6 Å². The van der Waals surface area contributed by atoms with Gasteiger partial charge in [0, 0.05) is 18.0 Å². The second kappa shape index (κ2) is 5.88. The van der Waals surface area contributed by atoms with Gasteiger partial charge in [-0.25, -0.2) is 0 Å². The van der Waals surface area contributed by atoms with E-state index in [9.17, 15) is 0 Å². The number of ether oxygens (including phenoxy) is 2. The molecule has 2 aliphatic rings. The predicted octanol–water partition coefficient (Wildman–Crippen LogP) is 2.13. The van der Waals surface area contributed by atoms with Crippen LogP contribution < -0.4 is 5.01 Å². The van der Waals surface area contributed by atoms with Crippen LogP contribution in [0.4, 0.5) is 5.69 Å². The molecule has 0 unspecified atom stereocenters. The maximum Gasteiger partial charge on any atom is 0.159 e. The largest absolute Gasteiger partial charge is 0.350 e. The molecule has 0 bridgehead atoms. The normalized spacial score (nSPS) is 20.6. The lowest BCUT2D eigenvalue weighted by molar-refractivity contribution is -0.0509. The smallest absolute Gasteiger partial charge is 0.159 e. The minimum Gasteiger partial charge on any atom is -0.350 e. The number of halogens is 1. The zero-order chi connectivity index (χ0) is 13.1. The first-order valence-electron chi connectivity index (χ1n) is 6.36. The van der Waals surface area contributed by atoms with Crippen LogP contribution in [-0.2, 0) is 9.47 Å². The van der Waals surface area contributed by atoms with E-state index in [1.54, 1.807) is 0 Å². The Morgan fingerprint density at radius 1 is 1.21 bits per heavy atom. The van der Waals surface area contributed by atoms with Gasteiger partial charge in [-0.2, -0.15) is 5.01 Å². The standard InChI is InChI=1S/C13H16ClN3O2/c14-11-1-3-12(4-2-11)17-10-15-9-16(17)6-5-13-18-7-8-19-13/h1-4,10,13H,5-9H2. The molecule has 102 valence electrons. The molecule has 0 amide bonds. The highest BCUT2D eigenvalue weighted by atomic mass is 35.5. The van der Waals surface area contributed by atoms with E-state index >= 15 is 0 Å². The van der Waals surface area contributed by atoms with Gasteiger partial charge in [0.2, 0.25) is 0 Å². The molecular weight excluding hydrogens is 266 g/mol. The van der Waals surface area contributed by atoms with Crippen LogP contribution >= 0.6 is 11.6 Å². The van der Waals surface area contributed by atoms with Crippen LogP contribution in [-0.4, -0.2) is 44.1 Å². The first-order valence-corrected chi connectivity index (χ1v) is 6.73. The second-order valence-corrected chi connectivity index (χ2v) is 4.89. The van der Waals surface area contributed by atoms with Crippen molar-refractivity contribution in [3.63, 3.8) is 0 Å². The van der Waals surface area contributed by atoms with Gasteiger partial charge in [0.1, 0.15) is 13.0 Å². The van der Waals surface area contributed by atoms with E-state index < -0.39 is 0 Å². The lowest BCUT2D eigenvalue weighted by Crippen LogP contribution is -2.39. The van der Waals surface area contributed by atoms with Crippen LogP contribution in [0.2, 0.25) is 5.02 Å². The molecule has 0 atom stereocenters. The molecule has 1 aromatic rings. The molecule has 19 heavy (non-hydrogen) atoms. The summed E-state index contributed by atoms with van der Waals surface area (Å²) in [5.74, 6) is 0. The van der Waals surface area contributed by atoms with Crippen LogP contribution in [0.15, 0.2) is 29.3 Å². The quantitative estimate of drug-likeness (QED) is 0.847. The SMILES string of the molecule is Clc1ccc(N2C=NCN2CCC2OCCO2)cc1. The first kappa shape index (κ1) is 12.9. The summed E-state index contributed by atoms with van der Waals surface area (Å²) in [6, 6.07) is 7.72. The zero-order valence-corrected chi connectivity index (χ0v) is 11.3. The molecule has 0 aromatic heterocycles. The summed E-state index contributed by atoms with van der Waals surface area (Å²) in [6.45, 7) is 2.90. The van der Waals surface area contributed by atoms with Crippen molar-refractivity contribution in [2.45, 2.75) is 12.7 Å². The van der Waals surface area contributed by atoms with Crippen molar-refractivity contribution < 1.29 is 9.47 Å². The number of nitrogens with zero attached hydrogens (tertiary/aromatic N) is 3. The molecule has 5 nitrogen and oxygen atoms in total. The van der Waals surface area contributed by atoms with Crippen LogP contribution in [0.3, 0.4) is 0 Å². The number of anilines is 1. The minimum absolute atomic E-state index is 0.0762. The molecule has 0 spiro atoms. The van der Waals surface area contributed by atoms with Gasteiger partial charge >= 0.3 is 0 Å². The molecule has 0 N–H and O–H groups in total. The number of benzene rings is 1. The fourth-order valence-electron chi connectivity index (χ4n) is 2.18. The predicted molar refractivity (Wildman–Crippen MR) is 74.3 cm³/mol. The van der Waals surface area contributed by atoms with Crippen molar-refractivity contribution in [2.24, 2.45) is 4.99 Å². The monoisotopic (exact) mass is 281 g/mol. The van der Waals surface area contributed by atoms with Gasteiger partial charge in [-0.1, -0.05) is 11.6 Å². The Hall–Kier alpha value is -1.14. The fraction of sp³-hybridized carbons (Fsp3) is 0.462. The Morgan fingerprint density at radius 2 is 1.95 bits per heavy atom. The Bertz CT molecular complexity index is 446. The van der Waals surface area contributed by atoms with Crippen LogP contribution in [0, 0.1) is 0 Å². The molecule has 6 heteroatoms. The molecule has 0 radical (unpaired) electrons. The Labute approximate surface area is 117 Å². The van der Waals surface area contributed by atoms with Gasteiger partial charge in [-0.15, -0.1) is 0 Å². The highest BCUT2D eigenvalue weighted by molar-refractivity contribution is 6.30. The zero-order valence-electron chi connectivity index (χ0n) is 10.5. The third-order valence-corrected chi connectivity index (χ3v) is 3.40. The van der Waals surface area contributed by atoms with E-state index in [2.05, 4.69) is 10.0 Å². The van der Waals surface area contributed by atoms with Gasteiger partial charge in [-0.05, 0) is 24.3 Å². The van der Waals surface area contributed by atoms with E-state index in [1.165, 1.54) is 0 Å². The highest BCUT2D eigenvalue weighted by Gasteiger charge is 2.22. The second-order valence-electron chi connectivity index (χ2n) is 4.45. The average molecular weight is 282 g/mol. The van der Waals surface area contributed by atoms with E-state index in [0.29, 0.717) is 19.9 Å². The Kier molecular flexibility index (Phi) is 3.98. The summed E-state index contributed by atoms with van der Waals surface area (Å²) in [4.78, 5) is 4.30. The van der Waals surface area contributed by atoms with Crippen molar-refractivity contribution in [1.82, 2.24) is 5.01 Å². The molecule has 1 saturated heterocycles. The summed E-state index contributed by atoms with van der Waals surface area (Å²) in [6.07, 6.45) is 2.60. The third-order valence-electron chi connectivity index (χ3n) is 3.15. The molecule has 3 rings (SSSR count). The molecule has 0 aliphatic carbocycles. The molecule has 2 aliphatic heterocycles. The molecule has 2 heterocycles. The highest BCUT2D eigenvalue weighted by Crippen LogP contribution is 2.21. The number of rotatable bonds is 4. The summed E-state index contributed by atoms with van der Waals surface area (Å²) < 4.78 is 10.9. The third kappa shape index (κ3) is 3.06. The average Bonchev–Trinajstić information content (AvgIpc) is 3.08. The number of hydrogen-bond acceptors (Lipinski definition) is 5. The van der Waals surface area contributed by atoms with E-state index in [4.69, 9.17) is 21.1 Å². The van der Waals surface area contributed by atoms with Crippen LogP contribution in [0.5, 0.6) is 0 Å². The van der Waals surface area contributed by atoms with Crippen molar-refractivity contribution in [3.05, 3.63) is 29.3 Å². The topological polar surface area (TPSA) is 37.3 Å². The first-order chi connectivity index (χ1) is 9.33. The molecule has 1 fully saturated rings. The molecule has 0 saturated carbocycles. The summed E-state index contributed by atoms with van der Waals surface area (Å²) in [5, 5.41) is 4.92. The van der Waals surface area contributed by atoms with Gasteiger partial charge in [0.15, 0.2) is 6.29 Å². The van der Waals surface area contributed by atoms with Crippen LogP contribution in [0.1, 0.15) is 6.42 Å². The van der Waals surface area contributed by atoms with Gasteiger partial charge in [0.05, 0.1) is 18.9 Å². The van der Waals surface area contributed by atoms with Crippen LogP contribution in [0.25, 0.3) is 0 Å². The summed E-state index contributed by atoms with van der Waals surface area (Å²) in [7, 11) is 0. The number of hydrogen-bond donors (Lipinski definition) is 0. The molecule has 1 aromatic carbocycles.